The highest BCUT2D eigenvalue weighted by Gasteiger charge is 2.02. The van der Waals surface area contributed by atoms with Gasteiger partial charge in [0, 0.05) is 25.6 Å². The fraction of sp³-hybridized carbons (Fsp3) is 0.308. The van der Waals surface area contributed by atoms with Crippen molar-refractivity contribution in [3.05, 3.63) is 36.0 Å². The van der Waals surface area contributed by atoms with Gasteiger partial charge in [-0.2, -0.15) is 5.10 Å². The summed E-state index contributed by atoms with van der Waals surface area (Å²) in [4.78, 5) is 0. The molecule has 1 heterocycles. The number of aromatic nitrogens is 2. The van der Waals surface area contributed by atoms with E-state index >= 15 is 0 Å². The summed E-state index contributed by atoms with van der Waals surface area (Å²) in [7, 11) is 3.46. The third kappa shape index (κ3) is 2.94. The Bertz CT molecular complexity index is 503. The van der Waals surface area contributed by atoms with E-state index in [0.29, 0.717) is 12.4 Å². The average Bonchev–Trinajstić information content (AvgIpc) is 2.69. The Morgan fingerprint density at radius 1 is 1.28 bits per heavy atom. The number of nitrogens with zero attached hydrogens (tertiary/aromatic N) is 2. The molecular formula is C13H17N3O2. The van der Waals surface area contributed by atoms with E-state index in [1.165, 1.54) is 0 Å². The van der Waals surface area contributed by atoms with Crippen LogP contribution in [-0.2, 0) is 13.5 Å². The predicted octanol–water partition coefficient (Wildman–Crippen LogP) is 1.63. The lowest BCUT2D eigenvalue weighted by atomic mass is 10.3. The molecule has 2 N–H and O–H groups in total. The first kappa shape index (κ1) is 12.3. The fourth-order valence-electron chi connectivity index (χ4n) is 1.63. The van der Waals surface area contributed by atoms with Gasteiger partial charge in [-0.1, -0.05) is 6.07 Å². The van der Waals surface area contributed by atoms with Crippen LogP contribution in [0.3, 0.4) is 0 Å². The molecule has 0 unspecified atom stereocenters. The van der Waals surface area contributed by atoms with Gasteiger partial charge in [-0.25, -0.2) is 0 Å². The number of aryl methyl sites for hydroxylation is 1. The van der Waals surface area contributed by atoms with Crippen molar-refractivity contribution in [3.8, 4) is 11.5 Å². The van der Waals surface area contributed by atoms with E-state index in [1.54, 1.807) is 11.8 Å². The monoisotopic (exact) mass is 247 g/mol. The maximum absolute atomic E-state index is 5.70. The van der Waals surface area contributed by atoms with Crippen molar-refractivity contribution >= 4 is 5.82 Å². The maximum Gasteiger partial charge on any atom is 0.123 e. The second-order valence-electron chi connectivity index (χ2n) is 3.96. The van der Waals surface area contributed by atoms with Crippen LogP contribution in [-0.4, -0.2) is 23.5 Å². The summed E-state index contributed by atoms with van der Waals surface area (Å²) in [5, 5.41) is 4.26. The number of nitrogens with two attached hydrogens (primary N) is 1. The van der Waals surface area contributed by atoms with E-state index in [4.69, 9.17) is 15.2 Å². The lowest BCUT2D eigenvalue weighted by Crippen LogP contribution is -2.02. The molecule has 2 aromatic rings. The molecule has 0 spiro atoms. The first-order chi connectivity index (χ1) is 8.69. The molecule has 0 aliphatic rings. The topological polar surface area (TPSA) is 62.3 Å². The summed E-state index contributed by atoms with van der Waals surface area (Å²) in [6.07, 6.45) is 0.724. The lowest BCUT2D eigenvalue weighted by molar-refractivity contribution is 0.317. The van der Waals surface area contributed by atoms with Gasteiger partial charge in [0.05, 0.1) is 19.4 Å². The first-order valence-electron chi connectivity index (χ1n) is 5.74. The molecule has 0 atom stereocenters. The van der Waals surface area contributed by atoms with Crippen molar-refractivity contribution in [2.75, 3.05) is 19.5 Å². The number of ether oxygens (including phenoxy) is 2. The highest BCUT2D eigenvalue weighted by Crippen LogP contribution is 2.19. The minimum Gasteiger partial charge on any atom is -0.497 e. The molecule has 1 aromatic carbocycles. The summed E-state index contributed by atoms with van der Waals surface area (Å²) < 4.78 is 12.4. The molecule has 0 fully saturated rings. The van der Waals surface area contributed by atoms with Crippen molar-refractivity contribution < 1.29 is 9.47 Å². The van der Waals surface area contributed by atoms with E-state index in [0.717, 1.165) is 23.6 Å². The number of hydrogen-bond acceptors (Lipinski definition) is 4. The Balaban J connectivity index is 1.88. The average molecular weight is 247 g/mol. The van der Waals surface area contributed by atoms with Crippen LogP contribution in [0.4, 0.5) is 5.82 Å². The van der Waals surface area contributed by atoms with Gasteiger partial charge in [-0.15, -0.1) is 0 Å². The molecular weight excluding hydrogens is 230 g/mol. The maximum atomic E-state index is 5.70. The van der Waals surface area contributed by atoms with Crippen molar-refractivity contribution in [2.24, 2.45) is 7.05 Å². The minimum atomic E-state index is 0.559. The predicted molar refractivity (Wildman–Crippen MR) is 69.8 cm³/mol. The third-order valence-corrected chi connectivity index (χ3v) is 2.63. The molecule has 0 saturated carbocycles. The minimum absolute atomic E-state index is 0.559. The molecule has 2 rings (SSSR count). The Morgan fingerprint density at radius 2 is 2.06 bits per heavy atom. The zero-order valence-electron chi connectivity index (χ0n) is 10.6. The second kappa shape index (κ2) is 5.44. The van der Waals surface area contributed by atoms with Gasteiger partial charge in [0.1, 0.15) is 17.3 Å². The van der Waals surface area contributed by atoms with E-state index in [9.17, 15) is 0 Å². The molecule has 0 radical (unpaired) electrons. The zero-order chi connectivity index (χ0) is 13.0. The molecule has 0 aliphatic heterocycles. The molecule has 0 bridgehead atoms. The largest absolute Gasteiger partial charge is 0.497 e. The van der Waals surface area contributed by atoms with Gasteiger partial charge in [0.2, 0.25) is 0 Å². The van der Waals surface area contributed by atoms with E-state index in [-0.39, 0.29) is 0 Å². The van der Waals surface area contributed by atoms with Crippen molar-refractivity contribution in [1.82, 2.24) is 9.78 Å². The van der Waals surface area contributed by atoms with Crippen LogP contribution >= 0.6 is 0 Å². The lowest BCUT2D eigenvalue weighted by Gasteiger charge is -2.06. The van der Waals surface area contributed by atoms with Crippen molar-refractivity contribution in [2.45, 2.75) is 6.42 Å². The van der Waals surface area contributed by atoms with Crippen LogP contribution in [0.2, 0.25) is 0 Å². The SMILES string of the molecule is COc1cccc(OCCc2cc(N)n(C)n2)c1. The number of nitrogen functional groups attached to an aromatic ring is 1. The molecule has 96 valence electrons. The fourth-order valence-corrected chi connectivity index (χ4v) is 1.63. The molecule has 5 nitrogen and oxygen atoms in total. The summed E-state index contributed by atoms with van der Waals surface area (Å²) in [5.41, 5.74) is 6.63. The number of anilines is 1. The molecule has 18 heavy (non-hydrogen) atoms. The van der Waals surface area contributed by atoms with Crippen LogP contribution in [0.5, 0.6) is 11.5 Å². The van der Waals surface area contributed by atoms with E-state index in [1.807, 2.05) is 37.4 Å². The molecule has 0 saturated heterocycles. The van der Waals surface area contributed by atoms with Gasteiger partial charge in [-0.3, -0.25) is 4.68 Å². The summed E-state index contributed by atoms with van der Waals surface area (Å²) in [6, 6.07) is 9.39. The Labute approximate surface area is 106 Å². The van der Waals surface area contributed by atoms with Gasteiger partial charge in [-0.05, 0) is 12.1 Å². The van der Waals surface area contributed by atoms with Crippen LogP contribution < -0.4 is 15.2 Å². The van der Waals surface area contributed by atoms with E-state index < -0.39 is 0 Å². The summed E-state index contributed by atoms with van der Waals surface area (Å²) >= 11 is 0. The van der Waals surface area contributed by atoms with Gasteiger partial charge >= 0.3 is 0 Å². The van der Waals surface area contributed by atoms with Crippen LogP contribution in [0.25, 0.3) is 0 Å². The van der Waals surface area contributed by atoms with Crippen LogP contribution in [0, 0.1) is 0 Å². The van der Waals surface area contributed by atoms with Gasteiger partial charge in [0.15, 0.2) is 0 Å². The molecule has 0 amide bonds. The molecule has 1 aromatic heterocycles. The Kier molecular flexibility index (Phi) is 3.72. The van der Waals surface area contributed by atoms with Crippen LogP contribution in [0.1, 0.15) is 5.69 Å². The van der Waals surface area contributed by atoms with Gasteiger partial charge in [0.25, 0.3) is 0 Å². The summed E-state index contributed by atoms with van der Waals surface area (Å²) in [5.74, 6) is 2.24. The zero-order valence-corrected chi connectivity index (χ0v) is 10.6. The Hall–Kier alpha value is -2.17. The quantitative estimate of drug-likeness (QED) is 0.872. The highest BCUT2D eigenvalue weighted by molar-refractivity contribution is 5.33. The first-order valence-corrected chi connectivity index (χ1v) is 5.74. The molecule has 0 aliphatic carbocycles. The second-order valence-corrected chi connectivity index (χ2v) is 3.96. The summed E-state index contributed by atoms with van der Waals surface area (Å²) in [6.45, 7) is 0.559. The number of hydrogen-bond donors (Lipinski definition) is 1. The number of benzene rings is 1. The van der Waals surface area contributed by atoms with Gasteiger partial charge < -0.3 is 15.2 Å². The standard InChI is InChI=1S/C13H17N3O2/c1-16-13(14)8-10(15-16)6-7-18-12-5-3-4-11(9-12)17-2/h3-5,8-9H,6-7,14H2,1-2H3. The Morgan fingerprint density at radius 3 is 2.72 bits per heavy atom. The van der Waals surface area contributed by atoms with Crippen molar-refractivity contribution in [3.63, 3.8) is 0 Å². The van der Waals surface area contributed by atoms with Crippen molar-refractivity contribution in [1.29, 1.82) is 0 Å². The van der Waals surface area contributed by atoms with E-state index in [2.05, 4.69) is 5.10 Å². The molecule has 5 heteroatoms. The smallest absolute Gasteiger partial charge is 0.123 e. The normalized spacial score (nSPS) is 10.3. The number of rotatable bonds is 5. The highest BCUT2D eigenvalue weighted by atomic mass is 16.5. The van der Waals surface area contributed by atoms with Crippen LogP contribution in [0.15, 0.2) is 30.3 Å². The third-order valence-electron chi connectivity index (χ3n) is 2.63. The number of methoxy groups -OCH3 is 1.